The first kappa shape index (κ1) is 18.9. The molecule has 0 heterocycles. The molecule has 0 saturated heterocycles. The molecular weight excluding hydrogens is 394 g/mol. The fourth-order valence-corrected chi connectivity index (χ4v) is 6.19. The van der Waals surface area contributed by atoms with Crippen LogP contribution in [-0.4, -0.2) is 11.6 Å². The van der Waals surface area contributed by atoms with Gasteiger partial charge in [-0.25, -0.2) is 8.78 Å². The van der Waals surface area contributed by atoms with E-state index in [1.807, 2.05) is 13.0 Å². The predicted octanol–water partition coefficient (Wildman–Crippen LogP) is 5.75. The van der Waals surface area contributed by atoms with E-state index in [4.69, 9.17) is 11.6 Å². The second-order valence-corrected chi connectivity index (χ2v) is 9.02. The Kier molecular flexibility index (Phi) is 4.39. The minimum atomic E-state index is -1.09. The highest BCUT2D eigenvalue weighted by atomic mass is 35.5. The Labute approximate surface area is 173 Å². The van der Waals surface area contributed by atoms with E-state index in [2.05, 4.69) is 0 Å². The van der Waals surface area contributed by atoms with Gasteiger partial charge in [0.15, 0.2) is 23.2 Å². The lowest BCUT2D eigenvalue weighted by atomic mass is 9.81. The average molecular weight is 415 g/mol. The first-order valence-corrected chi connectivity index (χ1v) is 10.6. The van der Waals surface area contributed by atoms with Crippen LogP contribution in [0, 0.1) is 35.3 Å². The molecule has 4 unspecified atom stereocenters. The zero-order valence-electron chi connectivity index (χ0n) is 16.1. The number of ketones is 2. The van der Waals surface area contributed by atoms with Crippen LogP contribution in [0.3, 0.4) is 0 Å². The maximum absolute atomic E-state index is 14.5. The molecule has 0 amide bonds. The molecule has 2 nitrogen and oxygen atoms in total. The van der Waals surface area contributed by atoms with Crippen LogP contribution < -0.4 is 0 Å². The van der Waals surface area contributed by atoms with Crippen LogP contribution in [-0.2, 0) is 16.0 Å². The molecule has 3 fully saturated rings. The highest BCUT2D eigenvalue weighted by Crippen LogP contribution is 2.59. The Morgan fingerprint density at radius 2 is 1.62 bits per heavy atom. The minimum absolute atomic E-state index is 0.0295. The van der Waals surface area contributed by atoms with Gasteiger partial charge in [-0.3, -0.25) is 9.59 Å². The van der Waals surface area contributed by atoms with Crippen molar-refractivity contribution >= 4 is 23.2 Å². The summed E-state index contributed by atoms with van der Waals surface area (Å²) in [5, 5.41) is -0.277. The van der Waals surface area contributed by atoms with Crippen molar-refractivity contribution in [3.05, 3.63) is 58.1 Å². The van der Waals surface area contributed by atoms with Crippen LogP contribution in [0.25, 0.3) is 11.1 Å². The van der Waals surface area contributed by atoms with Gasteiger partial charge in [-0.05, 0) is 72.4 Å². The summed E-state index contributed by atoms with van der Waals surface area (Å²) in [4.78, 5) is 26.6. The largest absolute Gasteiger partial charge is 0.298 e. The molecule has 2 bridgehead atoms. The Morgan fingerprint density at radius 1 is 0.966 bits per heavy atom. The van der Waals surface area contributed by atoms with Crippen molar-refractivity contribution in [1.29, 1.82) is 0 Å². The third-order valence-electron chi connectivity index (χ3n) is 7.33. The van der Waals surface area contributed by atoms with E-state index < -0.39 is 17.6 Å². The fourth-order valence-electron chi connectivity index (χ4n) is 6.04. The van der Waals surface area contributed by atoms with Gasteiger partial charge >= 0.3 is 0 Å². The maximum Gasteiger partial charge on any atom is 0.178 e. The van der Waals surface area contributed by atoms with E-state index in [1.165, 1.54) is 12.1 Å². The topological polar surface area (TPSA) is 34.1 Å². The minimum Gasteiger partial charge on any atom is -0.298 e. The molecule has 0 aromatic heterocycles. The van der Waals surface area contributed by atoms with E-state index in [1.54, 1.807) is 12.1 Å². The molecular formula is C24H21ClF2O2. The van der Waals surface area contributed by atoms with Gasteiger partial charge < -0.3 is 0 Å². The molecule has 4 atom stereocenters. The lowest BCUT2D eigenvalue weighted by Gasteiger charge is -2.21. The molecule has 29 heavy (non-hydrogen) atoms. The average Bonchev–Trinajstić information content (AvgIpc) is 3.40. The summed E-state index contributed by atoms with van der Waals surface area (Å²) in [5.41, 5.74) is 2.09. The van der Waals surface area contributed by atoms with E-state index in [0.29, 0.717) is 29.4 Å². The van der Waals surface area contributed by atoms with Crippen LogP contribution >= 0.6 is 11.6 Å². The summed E-state index contributed by atoms with van der Waals surface area (Å²) in [6.45, 7) is 1.97. The van der Waals surface area contributed by atoms with Crippen molar-refractivity contribution in [1.82, 2.24) is 0 Å². The molecule has 0 radical (unpaired) electrons. The van der Waals surface area contributed by atoms with Crippen LogP contribution in [0.5, 0.6) is 0 Å². The predicted molar refractivity (Wildman–Crippen MR) is 107 cm³/mol. The summed E-state index contributed by atoms with van der Waals surface area (Å²) < 4.78 is 28.5. The van der Waals surface area contributed by atoms with E-state index in [0.717, 1.165) is 24.8 Å². The number of Topliss-reactive ketones (excluding diaryl/α,β-unsaturated/α-hetero) is 2. The van der Waals surface area contributed by atoms with Crippen molar-refractivity contribution in [2.75, 3.05) is 0 Å². The first-order valence-electron chi connectivity index (χ1n) is 10.3. The quantitative estimate of drug-likeness (QED) is 0.473. The highest BCUT2D eigenvalue weighted by Gasteiger charge is 2.61. The zero-order valence-corrected chi connectivity index (χ0v) is 16.8. The number of halogens is 3. The maximum atomic E-state index is 14.5. The number of hydrogen-bond acceptors (Lipinski definition) is 2. The molecule has 3 saturated carbocycles. The Morgan fingerprint density at radius 3 is 2.24 bits per heavy atom. The Bertz CT molecular complexity index is 1020. The Hall–Kier alpha value is -2.07. The second kappa shape index (κ2) is 6.73. The lowest BCUT2D eigenvalue weighted by Crippen LogP contribution is -2.24. The molecule has 0 N–H and O–H groups in total. The fraction of sp³-hybridized carbons (Fsp3) is 0.417. The Balaban J connectivity index is 1.61. The standard InChI is InChI=1S/C24H21ClF2O2/c1-2-11-3-4-12(15-7-8-17(25)22(27)21(15)26)10-16(11)20-23(28)18-13-5-6-14(9-13)19(18)24(20)29/h3-4,7-8,10,13-14,18-20H,2,5-6,9H2,1H3. The summed E-state index contributed by atoms with van der Waals surface area (Å²) in [6, 6.07) is 7.98. The van der Waals surface area contributed by atoms with Crippen molar-refractivity contribution in [2.24, 2.45) is 23.7 Å². The second-order valence-electron chi connectivity index (χ2n) is 8.61. The third kappa shape index (κ3) is 2.64. The highest BCUT2D eigenvalue weighted by molar-refractivity contribution is 6.30. The number of fused-ring (bicyclic) bond motifs is 5. The molecule has 3 aliphatic rings. The van der Waals surface area contributed by atoms with Crippen molar-refractivity contribution in [2.45, 2.75) is 38.5 Å². The van der Waals surface area contributed by atoms with Crippen LogP contribution in [0.4, 0.5) is 8.78 Å². The number of benzene rings is 2. The third-order valence-corrected chi connectivity index (χ3v) is 7.62. The van der Waals surface area contributed by atoms with Crippen molar-refractivity contribution in [3.63, 3.8) is 0 Å². The molecule has 2 aromatic rings. The van der Waals surface area contributed by atoms with Gasteiger partial charge in [0.05, 0.1) is 5.02 Å². The molecule has 150 valence electrons. The van der Waals surface area contributed by atoms with Crippen LogP contribution in [0.1, 0.15) is 43.2 Å². The van der Waals surface area contributed by atoms with Gasteiger partial charge in [-0.2, -0.15) is 0 Å². The number of hydrogen-bond donors (Lipinski definition) is 0. The van der Waals surface area contributed by atoms with Crippen molar-refractivity contribution < 1.29 is 18.4 Å². The van der Waals surface area contributed by atoms with Crippen LogP contribution in [0.2, 0.25) is 5.02 Å². The normalized spacial score (nSPS) is 30.3. The molecule has 0 aliphatic heterocycles. The van der Waals surface area contributed by atoms with Gasteiger partial charge in [0.1, 0.15) is 5.92 Å². The number of carbonyl (C=O) groups is 2. The van der Waals surface area contributed by atoms with Gasteiger partial charge in [0, 0.05) is 17.4 Å². The van der Waals surface area contributed by atoms with Gasteiger partial charge in [-0.15, -0.1) is 0 Å². The summed E-state index contributed by atoms with van der Waals surface area (Å²) in [7, 11) is 0. The lowest BCUT2D eigenvalue weighted by molar-refractivity contribution is -0.125. The molecule has 5 rings (SSSR count). The first-order chi connectivity index (χ1) is 13.9. The van der Waals surface area contributed by atoms with Crippen LogP contribution in [0.15, 0.2) is 30.3 Å². The van der Waals surface area contributed by atoms with Gasteiger partial charge in [0.2, 0.25) is 0 Å². The summed E-state index contributed by atoms with van der Waals surface area (Å²) in [6.07, 6.45) is 3.73. The van der Waals surface area contributed by atoms with Gasteiger partial charge in [0.25, 0.3) is 0 Å². The zero-order chi connectivity index (χ0) is 20.4. The molecule has 0 spiro atoms. The molecule has 5 heteroatoms. The molecule has 2 aromatic carbocycles. The van der Waals surface area contributed by atoms with Crippen molar-refractivity contribution in [3.8, 4) is 11.1 Å². The summed E-state index contributed by atoms with van der Waals surface area (Å²) >= 11 is 5.68. The summed E-state index contributed by atoms with van der Waals surface area (Å²) in [5.74, 6) is -2.46. The monoisotopic (exact) mass is 414 g/mol. The van der Waals surface area contributed by atoms with E-state index >= 15 is 0 Å². The number of rotatable bonds is 3. The number of carbonyl (C=O) groups excluding carboxylic acids is 2. The number of aryl methyl sites for hydroxylation is 1. The van der Waals surface area contributed by atoms with E-state index in [9.17, 15) is 18.4 Å². The SMILES string of the molecule is CCc1ccc(-c2ccc(Cl)c(F)c2F)cc1C1C(=O)C2C3CCC(C3)C2C1=O. The smallest absolute Gasteiger partial charge is 0.178 e. The van der Waals surface area contributed by atoms with E-state index in [-0.39, 0.29) is 34.0 Å². The molecule has 3 aliphatic carbocycles. The van der Waals surface area contributed by atoms with Gasteiger partial charge in [-0.1, -0.05) is 30.7 Å².